The molecule has 0 aliphatic rings. The minimum Gasteiger partial charge on any atom is -0.396 e. The van der Waals surface area contributed by atoms with Gasteiger partial charge in [0, 0.05) is 16.8 Å². The minimum absolute atomic E-state index is 0.213. The van der Waals surface area contributed by atoms with Crippen molar-refractivity contribution in [2.75, 3.05) is 6.61 Å². The van der Waals surface area contributed by atoms with Crippen LogP contribution in [0.5, 0.6) is 0 Å². The zero-order chi connectivity index (χ0) is 11.3. The molecule has 0 fully saturated rings. The Morgan fingerprint density at radius 2 is 1.93 bits per heavy atom. The maximum absolute atomic E-state index is 9.58. The number of benzene rings is 1. The van der Waals surface area contributed by atoms with E-state index in [2.05, 4.69) is 6.92 Å². The van der Waals surface area contributed by atoms with Crippen LogP contribution in [0.25, 0.3) is 0 Å². The fraction of sp³-hybridized carbons (Fsp3) is 0.500. The standard InChI is InChI=1S/C12H18O2S/c1-9(7-8-13)15-12-6-4-3-5-11(12)10(2)14/h3-6,9-10,13-14H,7-8H2,1-2H3/t9?,10-/m0/s1. The monoisotopic (exact) mass is 226 g/mol. The number of hydrogen-bond acceptors (Lipinski definition) is 3. The number of hydrogen-bond donors (Lipinski definition) is 2. The van der Waals surface area contributed by atoms with Crippen LogP contribution in [0.4, 0.5) is 0 Å². The molecule has 1 aromatic rings. The number of aliphatic hydroxyl groups is 2. The van der Waals surface area contributed by atoms with Gasteiger partial charge in [-0.3, -0.25) is 0 Å². The normalized spacial score (nSPS) is 14.9. The van der Waals surface area contributed by atoms with Crippen LogP contribution in [0.1, 0.15) is 31.9 Å². The Morgan fingerprint density at radius 3 is 2.53 bits per heavy atom. The zero-order valence-corrected chi connectivity index (χ0v) is 10.00. The number of aliphatic hydroxyl groups excluding tert-OH is 2. The van der Waals surface area contributed by atoms with E-state index in [1.165, 1.54) is 0 Å². The molecular formula is C12H18O2S. The SMILES string of the molecule is CC(CCO)Sc1ccccc1[C@H](C)O. The summed E-state index contributed by atoms with van der Waals surface area (Å²) in [7, 11) is 0. The van der Waals surface area contributed by atoms with E-state index in [0.717, 1.165) is 16.9 Å². The summed E-state index contributed by atoms with van der Waals surface area (Å²) < 4.78 is 0. The molecule has 0 saturated carbocycles. The van der Waals surface area contributed by atoms with Crippen LogP contribution >= 0.6 is 11.8 Å². The number of rotatable bonds is 5. The highest BCUT2D eigenvalue weighted by Gasteiger charge is 2.10. The Labute approximate surface area is 95.3 Å². The Hall–Kier alpha value is -0.510. The average molecular weight is 226 g/mol. The van der Waals surface area contributed by atoms with E-state index < -0.39 is 6.10 Å². The molecular weight excluding hydrogens is 208 g/mol. The molecule has 1 aromatic carbocycles. The van der Waals surface area contributed by atoms with E-state index in [4.69, 9.17) is 5.11 Å². The van der Waals surface area contributed by atoms with Crippen LogP contribution < -0.4 is 0 Å². The highest BCUT2D eigenvalue weighted by atomic mass is 32.2. The highest BCUT2D eigenvalue weighted by Crippen LogP contribution is 2.31. The molecule has 15 heavy (non-hydrogen) atoms. The van der Waals surface area contributed by atoms with Crippen LogP contribution in [0.15, 0.2) is 29.2 Å². The van der Waals surface area contributed by atoms with Crippen molar-refractivity contribution in [2.45, 2.75) is 36.5 Å². The largest absolute Gasteiger partial charge is 0.396 e. The van der Waals surface area contributed by atoms with E-state index in [1.807, 2.05) is 24.3 Å². The maximum atomic E-state index is 9.58. The Balaban J connectivity index is 2.75. The van der Waals surface area contributed by atoms with Crippen molar-refractivity contribution in [3.63, 3.8) is 0 Å². The lowest BCUT2D eigenvalue weighted by Crippen LogP contribution is -2.01. The van der Waals surface area contributed by atoms with Crippen molar-refractivity contribution in [1.29, 1.82) is 0 Å². The van der Waals surface area contributed by atoms with Gasteiger partial charge in [0.25, 0.3) is 0 Å². The zero-order valence-electron chi connectivity index (χ0n) is 9.18. The molecule has 2 nitrogen and oxygen atoms in total. The van der Waals surface area contributed by atoms with Gasteiger partial charge in [-0.25, -0.2) is 0 Å². The van der Waals surface area contributed by atoms with Gasteiger partial charge in [0.15, 0.2) is 0 Å². The molecule has 0 amide bonds. The molecule has 3 heteroatoms. The molecule has 0 radical (unpaired) electrons. The molecule has 0 aliphatic heterocycles. The molecule has 1 rings (SSSR count). The van der Waals surface area contributed by atoms with Crippen molar-refractivity contribution >= 4 is 11.8 Å². The van der Waals surface area contributed by atoms with E-state index in [1.54, 1.807) is 18.7 Å². The van der Waals surface area contributed by atoms with Crippen LogP contribution in [0, 0.1) is 0 Å². The van der Waals surface area contributed by atoms with Gasteiger partial charge in [-0.15, -0.1) is 11.8 Å². The van der Waals surface area contributed by atoms with Crippen molar-refractivity contribution in [2.24, 2.45) is 0 Å². The summed E-state index contributed by atoms with van der Waals surface area (Å²) in [4.78, 5) is 1.11. The fourth-order valence-corrected chi connectivity index (χ4v) is 2.58. The summed E-state index contributed by atoms with van der Waals surface area (Å²) >= 11 is 1.70. The Kier molecular flexibility index (Phi) is 5.15. The summed E-state index contributed by atoms with van der Waals surface area (Å²) in [5.41, 5.74) is 0.965. The van der Waals surface area contributed by atoms with Gasteiger partial charge in [-0.2, -0.15) is 0 Å². The lowest BCUT2D eigenvalue weighted by Gasteiger charge is -2.14. The lowest BCUT2D eigenvalue weighted by atomic mass is 10.1. The molecule has 0 aliphatic carbocycles. The molecule has 0 heterocycles. The highest BCUT2D eigenvalue weighted by molar-refractivity contribution is 8.00. The van der Waals surface area contributed by atoms with Gasteiger partial charge in [0.2, 0.25) is 0 Å². The van der Waals surface area contributed by atoms with Gasteiger partial charge in [0.05, 0.1) is 6.10 Å². The smallest absolute Gasteiger partial charge is 0.0772 e. The van der Waals surface area contributed by atoms with Crippen molar-refractivity contribution < 1.29 is 10.2 Å². The topological polar surface area (TPSA) is 40.5 Å². The molecule has 0 bridgehead atoms. The Morgan fingerprint density at radius 1 is 1.27 bits per heavy atom. The Bertz CT molecular complexity index is 299. The first-order valence-corrected chi connectivity index (χ1v) is 6.07. The van der Waals surface area contributed by atoms with E-state index in [-0.39, 0.29) is 6.61 Å². The van der Waals surface area contributed by atoms with Crippen molar-refractivity contribution in [3.8, 4) is 0 Å². The third-order valence-corrected chi connectivity index (χ3v) is 3.50. The molecule has 0 aromatic heterocycles. The summed E-state index contributed by atoms with van der Waals surface area (Å²) in [6.07, 6.45) is 0.341. The third kappa shape index (κ3) is 3.86. The lowest BCUT2D eigenvalue weighted by molar-refractivity contribution is 0.196. The summed E-state index contributed by atoms with van der Waals surface area (Å²) in [6.45, 7) is 4.07. The third-order valence-electron chi connectivity index (χ3n) is 2.23. The molecule has 1 unspecified atom stereocenters. The summed E-state index contributed by atoms with van der Waals surface area (Å²) in [6, 6.07) is 7.86. The van der Waals surface area contributed by atoms with Crippen molar-refractivity contribution in [1.82, 2.24) is 0 Å². The van der Waals surface area contributed by atoms with E-state index in [9.17, 15) is 5.11 Å². The quantitative estimate of drug-likeness (QED) is 0.758. The van der Waals surface area contributed by atoms with E-state index >= 15 is 0 Å². The van der Waals surface area contributed by atoms with E-state index in [0.29, 0.717) is 5.25 Å². The maximum Gasteiger partial charge on any atom is 0.0772 e. The first kappa shape index (κ1) is 12.6. The molecule has 84 valence electrons. The minimum atomic E-state index is -0.435. The predicted molar refractivity (Wildman–Crippen MR) is 64.1 cm³/mol. The first-order chi connectivity index (χ1) is 7.15. The predicted octanol–water partition coefficient (Wildman–Crippen LogP) is 2.60. The summed E-state index contributed by atoms with van der Waals surface area (Å²) in [5, 5.41) is 18.8. The second-order valence-corrected chi connectivity index (χ2v) is 5.13. The summed E-state index contributed by atoms with van der Waals surface area (Å²) in [5.74, 6) is 0. The van der Waals surface area contributed by atoms with Crippen LogP contribution in [-0.2, 0) is 0 Å². The molecule has 0 saturated heterocycles. The second kappa shape index (κ2) is 6.16. The van der Waals surface area contributed by atoms with Gasteiger partial charge in [-0.1, -0.05) is 25.1 Å². The van der Waals surface area contributed by atoms with Gasteiger partial charge < -0.3 is 10.2 Å². The molecule has 2 N–H and O–H groups in total. The second-order valence-electron chi connectivity index (χ2n) is 3.65. The van der Waals surface area contributed by atoms with Gasteiger partial charge >= 0.3 is 0 Å². The van der Waals surface area contributed by atoms with Gasteiger partial charge in [0.1, 0.15) is 0 Å². The van der Waals surface area contributed by atoms with Crippen LogP contribution in [0.2, 0.25) is 0 Å². The van der Waals surface area contributed by atoms with Crippen molar-refractivity contribution in [3.05, 3.63) is 29.8 Å². The first-order valence-electron chi connectivity index (χ1n) is 5.19. The van der Waals surface area contributed by atoms with Crippen LogP contribution in [-0.4, -0.2) is 22.1 Å². The average Bonchev–Trinajstić information content (AvgIpc) is 2.18. The van der Waals surface area contributed by atoms with Crippen LogP contribution in [0.3, 0.4) is 0 Å². The molecule has 2 atom stereocenters. The molecule has 0 spiro atoms. The fourth-order valence-electron chi connectivity index (χ4n) is 1.39. The van der Waals surface area contributed by atoms with Gasteiger partial charge in [-0.05, 0) is 25.0 Å². The number of thioether (sulfide) groups is 1.